The zero-order valence-corrected chi connectivity index (χ0v) is 18.1. The third kappa shape index (κ3) is 4.23. The molecule has 0 radical (unpaired) electrons. The van der Waals surface area contributed by atoms with Gasteiger partial charge >= 0.3 is 0 Å². The summed E-state index contributed by atoms with van der Waals surface area (Å²) in [5.41, 5.74) is -2.91. The first-order valence-corrected chi connectivity index (χ1v) is 10.2. The first-order chi connectivity index (χ1) is 16.2. The highest BCUT2D eigenvalue weighted by molar-refractivity contribution is 5.32. The van der Waals surface area contributed by atoms with Gasteiger partial charge in [-0.15, -0.1) is 0 Å². The molecule has 0 saturated carbocycles. The lowest BCUT2D eigenvalue weighted by Crippen LogP contribution is -2.39. The average molecular weight is 473 g/mol. The molecule has 4 aromatic rings. The Hall–Kier alpha value is -3.80. The van der Waals surface area contributed by atoms with Crippen LogP contribution in [-0.4, -0.2) is 39.8 Å². The predicted molar refractivity (Wildman–Crippen MR) is 110 cm³/mol. The van der Waals surface area contributed by atoms with Gasteiger partial charge in [0.1, 0.15) is 42.5 Å². The summed E-state index contributed by atoms with van der Waals surface area (Å²) in [4.78, 5) is 19.2. The monoisotopic (exact) mass is 473 g/mol. The number of hydrogen-bond donors (Lipinski definition) is 1. The molecule has 0 saturated heterocycles. The Morgan fingerprint density at radius 3 is 2.32 bits per heavy atom. The fraction of sp³-hybridized carbons (Fsp3) is 0.273. The number of nitrogens with zero attached hydrogens (tertiary/aromatic N) is 7. The third-order valence-electron chi connectivity index (χ3n) is 5.75. The summed E-state index contributed by atoms with van der Waals surface area (Å²) >= 11 is 0. The quantitative estimate of drug-likeness (QED) is 0.411. The molecule has 1 N–H and O–H groups in total. The van der Waals surface area contributed by atoms with Gasteiger partial charge < -0.3 is 5.11 Å². The molecule has 0 bridgehead atoms. The number of halogens is 4. The highest BCUT2D eigenvalue weighted by Crippen LogP contribution is 2.40. The molecule has 0 spiro atoms. The summed E-state index contributed by atoms with van der Waals surface area (Å²) in [5, 5.41) is 15.6. The molecule has 0 fully saturated rings. The fourth-order valence-corrected chi connectivity index (χ4v) is 3.86. The van der Waals surface area contributed by atoms with Crippen LogP contribution in [0.4, 0.5) is 17.6 Å². The van der Waals surface area contributed by atoms with E-state index in [0.717, 1.165) is 31.0 Å². The second kappa shape index (κ2) is 9.21. The Bertz CT molecular complexity index is 1300. The molecular formula is C22H19F4N7O. The Balaban J connectivity index is 1.81. The molecular weight excluding hydrogens is 454 g/mol. The lowest BCUT2D eigenvalue weighted by molar-refractivity contribution is -0.0134. The maximum absolute atomic E-state index is 15.7. The van der Waals surface area contributed by atoms with Crippen LogP contribution in [0, 0.1) is 23.3 Å². The summed E-state index contributed by atoms with van der Waals surface area (Å²) in [6.45, 7) is 2.60. The van der Waals surface area contributed by atoms with Crippen LogP contribution in [-0.2, 0) is 12.1 Å². The molecule has 12 heteroatoms. The van der Waals surface area contributed by atoms with Crippen LogP contribution < -0.4 is 0 Å². The van der Waals surface area contributed by atoms with Crippen LogP contribution in [0.3, 0.4) is 0 Å². The largest absolute Gasteiger partial charge is 0.382 e. The van der Waals surface area contributed by atoms with Gasteiger partial charge in [-0.05, 0) is 6.07 Å². The molecule has 3 unspecified atom stereocenters. The van der Waals surface area contributed by atoms with E-state index in [0.29, 0.717) is 6.07 Å². The van der Waals surface area contributed by atoms with Crippen molar-refractivity contribution < 1.29 is 22.7 Å². The van der Waals surface area contributed by atoms with E-state index in [1.807, 2.05) is 0 Å². The van der Waals surface area contributed by atoms with Crippen molar-refractivity contribution in [2.45, 2.75) is 37.8 Å². The van der Waals surface area contributed by atoms with Crippen LogP contribution in [0.25, 0.3) is 0 Å². The number of benzene rings is 1. The fourth-order valence-electron chi connectivity index (χ4n) is 3.86. The number of aliphatic hydroxyl groups is 1. The molecule has 0 amide bonds. The normalized spacial score (nSPS) is 15.0. The molecule has 0 aliphatic rings. The lowest BCUT2D eigenvalue weighted by Gasteiger charge is -2.34. The van der Waals surface area contributed by atoms with Gasteiger partial charge in [-0.3, -0.25) is 0 Å². The maximum atomic E-state index is 15.7. The Kier molecular flexibility index (Phi) is 6.33. The standard InChI is InChI=1S/C22H19F4N7O/c1-12(19-17(25)6-27-8-29-19)20-18(26)21(31-10-30-20)13(2)22(34,7-33-11-28-9-32-33)15-4-3-14(23)5-16(15)24/h3-6,8-13,34H,7H2,1-2H3. The van der Waals surface area contributed by atoms with Crippen LogP contribution >= 0.6 is 0 Å². The minimum atomic E-state index is -2.12. The first-order valence-electron chi connectivity index (χ1n) is 10.2. The minimum Gasteiger partial charge on any atom is -0.382 e. The molecule has 1 aromatic carbocycles. The zero-order valence-electron chi connectivity index (χ0n) is 18.1. The Labute approximate surface area is 191 Å². The van der Waals surface area contributed by atoms with E-state index >= 15 is 4.39 Å². The lowest BCUT2D eigenvalue weighted by atomic mass is 9.79. The Morgan fingerprint density at radius 2 is 1.65 bits per heavy atom. The summed E-state index contributed by atoms with van der Waals surface area (Å²) in [6.07, 6.45) is 5.66. The van der Waals surface area contributed by atoms with E-state index in [1.165, 1.54) is 31.2 Å². The van der Waals surface area contributed by atoms with Crippen molar-refractivity contribution in [3.05, 3.63) is 95.6 Å². The molecule has 4 rings (SSSR count). The average Bonchev–Trinajstić information content (AvgIpc) is 3.31. The van der Waals surface area contributed by atoms with E-state index in [9.17, 15) is 18.3 Å². The second-order valence-electron chi connectivity index (χ2n) is 7.80. The van der Waals surface area contributed by atoms with Crippen molar-refractivity contribution in [1.82, 2.24) is 34.7 Å². The van der Waals surface area contributed by atoms with Crippen LogP contribution in [0.5, 0.6) is 0 Å². The summed E-state index contributed by atoms with van der Waals surface area (Å²) < 4.78 is 59.5. The highest BCUT2D eigenvalue weighted by atomic mass is 19.1. The van der Waals surface area contributed by atoms with Crippen LogP contribution in [0.15, 0.2) is 49.7 Å². The van der Waals surface area contributed by atoms with Crippen molar-refractivity contribution in [2.75, 3.05) is 0 Å². The maximum Gasteiger partial charge on any atom is 0.167 e. The highest BCUT2D eigenvalue weighted by Gasteiger charge is 2.42. The third-order valence-corrected chi connectivity index (χ3v) is 5.75. The first kappa shape index (κ1) is 23.4. The predicted octanol–water partition coefficient (Wildman–Crippen LogP) is 3.26. The van der Waals surface area contributed by atoms with Crippen molar-refractivity contribution in [2.24, 2.45) is 0 Å². The summed E-state index contributed by atoms with van der Waals surface area (Å²) in [7, 11) is 0. The van der Waals surface area contributed by atoms with E-state index in [1.54, 1.807) is 0 Å². The summed E-state index contributed by atoms with van der Waals surface area (Å²) in [6, 6.07) is 2.69. The molecule has 0 aliphatic carbocycles. The van der Waals surface area contributed by atoms with Gasteiger partial charge in [0.05, 0.1) is 29.8 Å². The van der Waals surface area contributed by atoms with Gasteiger partial charge in [0.25, 0.3) is 0 Å². The van der Waals surface area contributed by atoms with Crippen molar-refractivity contribution in [3.63, 3.8) is 0 Å². The molecule has 34 heavy (non-hydrogen) atoms. The number of aromatic nitrogens is 7. The van der Waals surface area contributed by atoms with Crippen LogP contribution in [0.2, 0.25) is 0 Å². The molecule has 8 nitrogen and oxygen atoms in total. The van der Waals surface area contributed by atoms with Gasteiger partial charge in [-0.2, -0.15) is 5.10 Å². The number of hydrogen-bond acceptors (Lipinski definition) is 7. The zero-order chi connectivity index (χ0) is 24.5. The van der Waals surface area contributed by atoms with Gasteiger partial charge in [0, 0.05) is 23.5 Å². The van der Waals surface area contributed by atoms with E-state index in [4.69, 9.17) is 0 Å². The summed E-state index contributed by atoms with van der Waals surface area (Å²) in [5.74, 6) is -5.61. The van der Waals surface area contributed by atoms with Crippen molar-refractivity contribution in [1.29, 1.82) is 0 Å². The van der Waals surface area contributed by atoms with Gasteiger partial charge in [-0.25, -0.2) is 47.2 Å². The molecule has 3 heterocycles. The smallest absolute Gasteiger partial charge is 0.167 e. The Morgan fingerprint density at radius 1 is 0.912 bits per heavy atom. The topological polar surface area (TPSA) is 102 Å². The number of rotatable bonds is 7. The molecule has 3 atom stereocenters. The van der Waals surface area contributed by atoms with Crippen molar-refractivity contribution in [3.8, 4) is 0 Å². The molecule has 176 valence electrons. The minimum absolute atomic E-state index is 0.0753. The second-order valence-corrected chi connectivity index (χ2v) is 7.80. The van der Waals surface area contributed by atoms with E-state index in [2.05, 4.69) is 30.0 Å². The van der Waals surface area contributed by atoms with Gasteiger partial charge in [0.2, 0.25) is 0 Å². The SMILES string of the molecule is CC(c1ncncc1F)c1ncnc(C(C)C(O)(Cn2cncn2)c2ccc(F)cc2F)c1F. The molecule has 3 aromatic heterocycles. The van der Waals surface area contributed by atoms with E-state index < -0.39 is 40.7 Å². The van der Waals surface area contributed by atoms with E-state index in [-0.39, 0.29) is 29.2 Å². The van der Waals surface area contributed by atoms with Crippen LogP contribution in [0.1, 0.15) is 48.3 Å². The van der Waals surface area contributed by atoms with Gasteiger partial charge in [-0.1, -0.05) is 19.9 Å². The molecule has 0 aliphatic heterocycles. The van der Waals surface area contributed by atoms with Gasteiger partial charge in [0.15, 0.2) is 11.6 Å². The van der Waals surface area contributed by atoms with Crippen molar-refractivity contribution >= 4 is 0 Å².